The third kappa shape index (κ3) is 2.14. The van der Waals surface area contributed by atoms with Crippen molar-refractivity contribution >= 4 is 37.9 Å². The fraction of sp³-hybridized carbons (Fsp3) is 0.0588. The summed E-state index contributed by atoms with van der Waals surface area (Å²) in [5.41, 5.74) is 4.45. The van der Waals surface area contributed by atoms with Gasteiger partial charge in [-0.05, 0) is 48.9 Å². The molecule has 2 heterocycles. The first kappa shape index (κ1) is 13.3. The van der Waals surface area contributed by atoms with Gasteiger partial charge in [0, 0.05) is 9.86 Å². The molecular weight excluding hydrogens is 342 g/mol. The lowest BCUT2D eigenvalue weighted by Gasteiger charge is -2.01. The second kappa shape index (κ2) is 4.81. The molecule has 2 aromatic carbocycles. The number of aromatic amines is 1. The van der Waals surface area contributed by atoms with Crippen molar-refractivity contribution in [1.29, 1.82) is 5.41 Å². The van der Waals surface area contributed by atoms with Crippen molar-refractivity contribution in [3.8, 4) is 11.4 Å². The summed E-state index contributed by atoms with van der Waals surface area (Å²) in [4.78, 5) is 7.84. The number of nitrogens with zero attached hydrogens (tertiary/aromatic N) is 1. The molecule has 0 aliphatic rings. The Kier molecular flexibility index (Phi) is 2.90. The fourth-order valence-corrected chi connectivity index (χ4v) is 2.92. The number of nitrogens with one attached hydrogen (secondary N) is 2. The van der Waals surface area contributed by atoms with Crippen molar-refractivity contribution in [2.75, 3.05) is 0 Å². The van der Waals surface area contributed by atoms with E-state index in [-0.39, 0.29) is 5.55 Å². The zero-order valence-electron chi connectivity index (χ0n) is 11.8. The minimum atomic E-state index is 0.102. The van der Waals surface area contributed by atoms with Gasteiger partial charge in [0.05, 0.1) is 16.6 Å². The van der Waals surface area contributed by atoms with Gasteiger partial charge < -0.3 is 9.40 Å². The molecule has 0 amide bonds. The molecule has 0 radical (unpaired) electrons. The average molecular weight is 354 g/mol. The Bertz CT molecular complexity index is 1080. The number of hydrogen-bond acceptors (Lipinski definition) is 3. The first-order valence-electron chi connectivity index (χ1n) is 6.85. The number of aromatic nitrogens is 2. The Labute approximate surface area is 134 Å². The second-order valence-electron chi connectivity index (χ2n) is 5.28. The highest BCUT2D eigenvalue weighted by molar-refractivity contribution is 9.10. The minimum Gasteiger partial charge on any atom is -0.438 e. The Morgan fingerprint density at radius 3 is 2.86 bits per heavy atom. The smallest absolute Gasteiger partial charge is 0.223 e. The fourth-order valence-electron chi connectivity index (χ4n) is 2.54. The van der Waals surface area contributed by atoms with E-state index in [1.54, 1.807) is 0 Å². The van der Waals surface area contributed by atoms with E-state index in [9.17, 15) is 0 Å². The van der Waals surface area contributed by atoms with Crippen LogP contribution in [-0.4, -0.2) is 9.97 Å². The van der Waals surface area contributed by atoms with Crippen LogP contribution in [0.4, 0.5) is 0 Å². The molecule has 0 aliphatic heterocycles. The molecule has 5 heteroatoms. The SMILES string of the molecule is Cc1ccc2nc(-c3cc4cc(Br)ccc4oc3=N)[nH]c2c1. The van der Waals surface area contributed by atoms with Crippen LogP contribution in [-0.2, 0) is 0 Å². The number of H-pyrrole nitrogens is 1. The number of rotatable bonds is 1. The van der Waals surface area contributed by atoms with E-state index in [2.05, 4.69) is 25.9 Å². The van der Waals surface area contributed by atoms with Crippen molar-refractivity contribution in [3.63, 3.8) is 0 Å². The van der Waals surface area contributed by atoms with Gasteiger partial charge in [0.25, 0.3) is 0 Å². The number of fused-ring (bicyclic) bond motifs is 2. The van der Waals surface area contributed by atoms with Crippen molar-refractivity contribution in [2.24, 2.45) is 0 Å². The summed E-state index contributed by atoms with van der Waals surface area (Å²) >= 11 is 3.46. The summed E-state index contributed by atoms with van der Waals surface area (Å²) in [6, 6.07) is 13.7. The molecule has 0 atom stereocenters. The lowest BCUT2D eigenvalue weighted by molar-refractivity contribution is 0.535. The van der Waals surface area contributed by atoms with E-state index >= 15 is 0 Å². The topological polar surface area (TPSA) is 65.7 Å². The molecule has 2 N–H and O–H groups in total. The molecule has 4 rings (SSSR count). The van der Waals surface area contributed by atoms with Crippen LogP contribution >= 0.6 is 15.9 Å². The van der Waals surface area contributed by atoms with Crippen LogP contribution in [0.3, 0.4) is 0 Å². The lowest BCUT2D eigenvalue weighted by atomic mass is 10.2. The number of benzene rings is 2. The van der Waals surface area contributed by atoms with Crippen LogP contribution in [0.1, 0.15) is 5.56 Å². The Morgan fingerprint density at radius 2 is 2.00 bits per heavy atom. The van der Waals surface area contributed by atoms with Gasteiger partial charge in [0.1, 0.15) is 11.4 Å². The van der Waals surface area contributed by atoms with Crippen LogP contribution < -0.4 is 5.55 Å². The van der Waals surface area contributed by atoms with E-state index in [1.807, 2.05) is 49.4 Å². The quantitative estimate of drug-likeness (QED) is 0.528. The van der Waals surface area contributed by atoms with Crippen molar-refractivity contribution in [3.05, 3.63) is 58.1 Å². The zero-order valence-corrected chi connectivity index (χ0v) is 13.4. The Morgan fingerprint density at radius 1 is 1.14 bits per heavy atom. The molecule has 4 aromatic rings. The van der Waals surface area contributed by atoms with Crippen molar-refractivity contribution in [1.82, 2.24) is 9.97 Å². The highest BCUT2D eigenvalue weighted by Gasteiger charge is 2.10. The maximum atomic E-state index is 8.12. The maximum absolute atomic E-state index is 8.12. The van der Waals surface area contributed by atoms with Crippen molar-refractivity contribution < 1.29 is 4.42 Å². The molecule has 0 unspecified atom stereocenters. The second-order valence-corrected chi connectivity index (χ2v) is 6.19. The predicted molar refractivity (Wildman–Crippen MR) is 89.6 cm³/mol. The summed E-state index contributed by atoms with van der Waals surface area (Å²) in [7, 11) is 0. The third-order valence-corrected chi connectivity index (χ3v) is 4.11. The molecular formula is C17H12BrN3O. The molecule has 108 valence electrons. The summed E-state index contributed by atoms with van der Waals surface area (Å²) in [6.07, 6.45) is 0. The monoisotopic (exact) mass is 353 g/mol. The van der Waals surface area contributed by atoms with E-state index in [0.29, 0.717) is 17.0 Å². The summed E-state index contributed by atoms with van der Waals surface area (Å²) in [5.74, 6) is 0.649. The first-order valence-corrected chi connectivity index (χ1v) is 7.64. The molecule has 0 fully saturated rings. The van der Waals surface area contributed by atoms with E-state index in [1.165, 1.54) is 5.56 Å². The van der Waals surface area contributed by atoms with Gasteiger partial charge in [-0.3, -0.25) is 5.41 Å². The normalized spacial score (nSPS) is 11.4. The van der Waals surface area contributed by atoms with Crippen LogP contribution in [0.25, 0.3) is 33.4 Å². The van der Waals surface area contributed by atoms with E-state index in [0.717, 1.165) is 20.9 Å². The molecule has 0 saturated carbocycles. The Balaban J connectivity index is 1.98. The van der Waals surface area contributed by atoms with Crippen molar-refractivity contribution in [2.45, 2.75) is 6.92 Å². The minimum absolute atomic E-state index is 0.102. The lowest BCUT2D eigenvalue weighted by Crippen LogP contribution is -2.04. The molecule has 2 aromatic heterocycles. The van der Waals surface area contributed by atoms with Crippen LogP contribution in [0.5, 0.6) is 0 Å². The largest absolute Gasteiger partial charge is 0.438 e. The summed E-state index contributed by atoms with van der Waals surface area (Å²) in [5, 5.41) is 9.05. The van der Waals surface area contributed by atoms with Gasteiger partial charge in [-0.2, -0.15) is 0 Å². The van der Waals surface area contributed by atoms with Gasteiger partial charge in [-0.1, -0.05) is 22.0 Å². The van der Waals surface area contributed by atoms with Gasteiger partial charge in [0.15, 0.2) is 0 Å². The van der Waals surface area contributed by atoms with Crippen LogP contribution in [0, 0.1) is 12.3 Å². The number of imidazole rings is 1. The predicted octanol–water partition coefficient (Wildman–Crippen LogP) is 4.53. The standard InChI is InChI=1S/C17H12BrN3O/c1-9-2-4-13-14(6-9)21-17(20-13)12-8-10-7-11(18)3-5-15(10)22-16(12)19/h2-8,19H,1H3,(H,20,21). The number of hydrogen-bond donors (Lipinski definition) is 2. The molecule has 0 aliphatic carbocycles. The zero-order chi connectivity index (χ0) is 15.3. The van der Waals surface area contributed by atoms with Crippen LogP contribution in [0.2, 0.25) is 0 Å². The van der Waals surface area contributed by atoms with Gasteiger partial charge in [-0.25, -0.2) is 4.98 Å². The Hall–Kier alpha value is -2.40. The number of halogens is 1. The van der Waals surface area contributed by atoms with Gasteiger partial charge in [-0.15, -0.1) is 0 Å². The molecule has 0 saturated heterocycles. The molecule has 0 bridgehead atoms. The average Bonchev–Trinajstić information content (AvgIpc) is 2.89. The molecule has 0 spiro atoms. The van der Waals surface area contributed by atoms with Crippen LogP contribution in [0.15, 0.2) is 51.4 Å². The highest BCUT2D eigenvalue weighted by atomic mass is 79.9. The first-order chi connectivity index (χ1) is 10.6. The molecule has 4 nitrogen and oxygen atoms in total. The molecule has 22 heavy (non-hydrogen) atoms. The highest BCUT2D eigenvalue weighted by Crippen LogP contribution is 2.24. The third-order valence-electron chi connectivity index (χ3n) is 3.62. The van der Waals surface area contributed by atoms with Gasteiger partial charge >= 0.3 is 0 Å². The van der Waals surface area contributed by atoms with Gasteiger partial charge in [0.2, 0.25) is 5.55 Å². The summed E-state index contributed by atoms with van der Waals surface area (Å²) < 4.78 is 6.58. The van der Waals surface area contributed by atoms with E-state index < -0.39 is 0 Å². The van der Waals surface area contributed by atoms with E-state index in [4.69, 9.17) is 9.83 Å². The maximum Gasteiger partial charge on any atom is 0.223 e. The number of aryl methyl sites for hydroxylation is 1. The summed E-state index contributed by atoms with van der Waals surface area (Å²) in [6.45, 7) is 2.04.